The highest BCUT2D eigenvalue weighted by atomic mass is 32.1. The van der Waals surface area contributed by atoms with Crippen LogP contribution in [-0.2, 0) is 22.6 Å². The van der Waals surface area contributed by atoms with E-state index in [1.807, 2.05) is 54.0 Å². The molecular formula is C29H32N2O4S. The molecule has 1 aliphatic heterocycles. The number of ether oxygens (including phenoxy) is 3. The normalized spacial score (nSPS) is 17.2. The summed E-state index contributed by atoms with van der Waals surface area (Å²) >= 11 is 1.39. The van der Waals surface area contributed by atoms with E-state index in [1.165, 1.54) is 17.1 Å². The lowest BCUT2D eigenvalue weighted by Crippen LogP contribution is -2.32. The van der Waals surface area contributed by atoms with Crippen molar-refractivity contribution in [1.29, 1.82) is 0 Å². The zero-order valence-electron chi connectivity index (χ0n) is 21.0. The van der Waals surface area contributed by atoms with Gasteiger partial charge in [0.15, 0.2) is 0 Å². The summed E-state index contributed by atoms with van der Waals surface area (Å²) < 4.78 is 23.7. The van der Waals surface area contributed by atoms with E-state index in [9.17, 15) is 4.79 Å². The molecule has 2 aromatic carbocycles. The summed E-state index contributed by atoms with van der Waals surface area (Å²) in [5, 5.41) is 1.05. The number of nitrogens with zero attached hydrogens (tertiary/aromatic N) is 2. The molecule has 36 heavy (non-hydrogen) atoms. The molecule has 0 aliphatic carbocycles. The number of carbonyl (C=O) groups excluding carboxylic acids is 1. The Labute approximate surface area is 216 Å². The second-order valence-electron chi connectivity index (χ2n) is 9.86. The quantitative estimate of drug-likeness (QED) is 0.254. The first-order valence-electron chi connectivity index (χ1n) is 12.5. The fraction of sp³-hybridized carbons (Fsp3) is 0.379. The van der Waals surface area contributed by atoms with Gasteiger partial charge in [0.1, 0.15) is 12.3 Å². The Hall–Kier alpha value is -3.16. The highest BCUT2D eigenvalue weighted by Gasteiger charge is 2.30. The van der Waals surface area contributed by atoms with E-state index in [2.05, 4.69) is 36.4 Å². The lowest BCUT2D eigenvalue weighted by Gasteiger charge is -2.35. The van der Waals surface area contributed by atoms with Crippen molar-refractivity contribution in [3.63, 3.8) is 0 Å². The summed E-state index contributed by atoms with van der Waals surface area (Å²) in [5.41, 5.74) is 3.83. The topological polar surface area (TPSA) is 62.6 Å². The highest BCUT2D eigenvalue weighted by Crippen LogP contribution is 2.37. The van der Waals surface area contributed by atoms with Crippen molar-refractivity contribution < 1.29 is 19.0 Å². The van der Waals surface area contributed by atoms with Crippen LogP contribution in [0.3, 0.4) is 0 Å². The average Bonchev–Trinajstić information content (AvgIpc) is 3.47. The van der Waals surface area contributed by atoms with Crippen LogP contribution in [0.2, 0.25) is 0 Å². The van der Waals surface area contributed by atoms with Gasteiger partial charge in [-0.05, 0) is 80.4 Å². The van der Waals surface area contributed by atoms with Crippen molar-refractivity contribution in [1.82, 2.24) is 8.94 Å². The Morgan fingerprint density at radius 1 is 1.17 bits per heavy atom. The molecule has 0 N–H and O–H groups in total. The highest BCUT2D eigenvalue weighted by molar-refractivity contribution is 7.05. The van der Waals surface area contributed by atoms with Gasteiger partial charge >= 0.3 is 5.97 Å². The predicted molar refractivity (Wildman–Crippen MR) is 142 cm³/mol. The van der Waals surface area contributed by atoms with Crippen molar-refractivity contribution in [2.24, 2.45) is 0 Å². The van der Waals surface area contributed by atoms with Crippen LogP contribution in [0.4, 0.5) is 0 Å². The predicted octanol–water partition coefficient (Wildman–Crippen LogP) is 6.57. The fourth-order valence-electron chi connectivity index (χ4n) is 4.93. The molecule has 0 spiro atoms. The van der Waals surface area contributed by atoms with Crippen LogP contribution in [0, 0.1) is 0 Å². The van der Waals surface area contributed by atoms with Crippen LogP contribution < -0.4 is 4.74 Å². The van der Waals surface area contributed by atoms with Gasteiger partial charge in [-0.2, -0.15) is 4.37 Å². The van der Waals surface area contributed by atoms with E-state index in [0.717, 1.165) is 40.8 Å². The van der Waals surface area contributed by atoms with Crippen molar-refractivity contribution >= 4 is 28.4 Å². The number of fused-ring (bicyclic) bond motifs is 1. The van der Waals surface area contributed by atoms with Crippen molar-refractivity contribution in [2.75, 3.05) is 13.2 Å². The molecule has 1 atom stereocenters. The fourth-order valence-corrected chi connectivity index (χ4v) is 5.58. The van der Waals surface area contributed by atoms with Gasteiger partial charge in [0, 0.05) is 28.5 Å². The molecule has 6 nitrogen and oxygen atoms in total. The third-order valence-corrected chi connectivity index (χ3v) is 7.41. The number of aromatic nitrogens is 2. The molecule has 1 aliphatic rings. The third kappa shape index (κ3) is 5.47. The maximum atomic E-state index is 12.9. The molecular weight excluding hydrogens is 472 g/mol. The van der Waals surface area contributed by atoms with E-state index < -0.39 is 0 Å². The van der Waals surface area contributed by atoms with Crippen molar-refractivity contribution in [3.8, 4) is 5.88 Å². The van der Waals surface area contributed by atoms with Gasteiger partial charge in [0.05, 0.1) is 18.8 Å². The Bertz CT molecular complexity index is 1340. The molecule has 5 rings (SSSR count). The molecule has 2 aromatic heterocycles. The third-order valence-electron chi connectivity index (χ3n) is 6.66. The van der Waals surface area contributed by atoms with Gasteiger partial charge in [-0.3, -0.25) is 0 Å². The first-order chi connectivity index (χ1) is 17.4. The molecule has 7 heteroatoms. The van der Waals surface area contributed by atoms with Gasteiger partial charge in [-0.15, -0.1) is 0 Å². The summed E-state index contributed by atoms with van der Waals surface area (Å²) in [7, 11) is 0. The SMILES string of the molecule is CCOC(=O)c1cc2cc(C3CCOC(C)(C)C3)ccc2n1Cc1cc(OCc2ccccc2)ns1. The van der Waals surface area contributed by atoms with Crippen LogP contribution in [0.25, 0.3) is 10.9 Å². The summed E-state index contributed by atoms with van der Waals surface area (Å²) in [6.07, 6.45) is 1.99. The van der Waals surface area contributed by atoms with E-state index >= 15 is 0 Å². The smallest absolute Gasteiger partial charge is 0.354 e. The minimum atomic E-state index is -0.312. The number of benzene rings is 2. The Morgan fingerprint density at radius 2 is 2.00 bits per heavy atom. The summed E-state index contributed by atoms with van der Waals surface area (Å²) in [5.74, 6) is 0.725. The van der Waals surface area contributed by atoms with Crippen molar-refractivity contribution in [2.45, 2.75) is 58.3 Å². The van der Waals surface area contributed by atoms with Crippen molar-refractivity contribution in [3.05, 3.63) is 82.4 Å². The Morgan fingerprint density at radius 3 is 2.78 bits per heavy atom. The summed E-state index contributed by atoms with van der Waals surface area (Å²) in [4.78, 5) is 13.9. The van der Waals surface area contributed by atoms with E-state index in [4.69, 9.17) is 14.2 Å². The zero-order valence-corrected chi connectivity index (χ0v) is 21.8. The minimum absolute atomic E-state index is 0.119. The van der Waals surface area contributed by atoms with Gasteiger partial charge in [-0.25, -0.2) is 4.79 Å². The lowest BCUT2D eigenvalue weighted by molar-refractivity contribution is -0.0592. The molecule has 1 unspecified atom stereocenters. The molecule has 1 fully saturated rings. The second kappa shape index (κ2) is 10.4. The molecule has 188 valence electrons. The monoisotopic (exact) mass is 504 g/mol. The van der Waals surface area contributed by atoms with Crippen LogP contribution in [-0.4, -0.2) is 33.7 Å². The molecule has 4 aromatic rings. The molecule has 0 radical (unpaired) electrons. The lowest BCUT2D eigenvalue weighted by atomic mass is 9.83. The van der Waals surface area contributed by atoms with Gasteiger partial charge in [-0.1, -0.05) is 36.4 Å². The minimum Gasteiger partial charge on any atom is -0.472 e. The zero-order chi connectivity index (χ0) is 25.1. The van der Waals surface area contributed by atoms with Gasteiger partial charge in [0.25, 0.3) is 0 Å². The van der Waals surface area contributed by atoms with Crippen LogP contribution in [0.15, 0.2) is 60.7 Å². The molecule has 0 amide bonds. The maximum absolute atomic E-state index is 12.9. The van der Waals surface area contributed by atoms with E-state index in [-0.39, 0.29) is 11.6 Å². The molecule has 0 saturated carbocycles. The summed E-state index contributed by atoms with van der Waals surface area (Å²) in [6, 6.07) is 20.5. The Balaban J connectivity index is 1.40. The molecule has 3 heterocycles. The van der Waals surface area contributed by atoms with Crippen LogP contribution in [0.1, 0.15) is 66.0 Å². The standard InChI is InChI=1S/C29H32N2O4S/c1-4-33-28(32)26-15-23-14-21(22-12-13-35-29(2,3)17-22)10-11-25(23)31(26)18-24-16-27(30-36-24)34-19-20-8-6-5-7-9-20/h5-11,14-16,22H,4,12-13,17-19H2,1-3H3. The maximum Gasteiger partial charge on any atom is 0.354 e. The number of hydrogen-bond donors (Lipinski definition) is 0. The van der Waals surface area contributed by atoms with E-state index in [1.54, 1.807) is 0 Å². The number of hydrogen-bond acceptors (Lipinski definition) is 6. The van der Waals surface area contributed by atoms with Crippen LogP contribution in [0.5, 0.6) is 5.88 Å². The Kier molecular flexibility index (Phi) is 7.12. The molecule has 0 bridgehead atoms. The first kappa shape index (κ1) is 24.5. The largest absolute Gasteiger partial charge is 0.472 e. The molecule has 1 saturated heterocycles. The second-order valence-corrected chi connectivity index (χ2v) is 10.7. The first-order valence-corrected chi connectivity index (χ1v) is 13.3. The number of rotatable bonds is 8. The average molecular weight is 505 g/mol. The van der Waals surface area contributed by atoms with Gasteiger partial charge in [0.2, 0.25) is 5.88 Å². The number of carbonyl (C=O) groups is 1. The number of esters is 1. The van der Waals surface area contributed by atoms with Gasteiger partial charge < -0.3 is 18.8 Å². The summed E-state index contributed by atoms with van der Waals surface area (Å²) in [6.45, 7) is 8.23. The van der Waals surface area contributed by atoms with Crippen LogP contribution >= 0.6 is 11.5 Å². The van der Waals surface area contributed by atoms with E-state index in [0.29, 0.717) is 37.3 Å².